The van der Waals surface area contributed by atoms with Gasteiger partial charge in [-0.15, -0.1) is 11.6 Å². The highest BCUT2D eigenvalue weighted by Gasteiger charge is 2.28. The molecule has 8 heteroatoms. The molecular weight excluding hydrogens is 270 g/mol. The van der Waals surface area contributed by atoms with Crippen molar-refractivity contribution in [3.05, 3.63) is 39.9 Å². The minimum Gasteiger partial charge on any atom is -0.386 e. The second-order valence-corrected chi connectivity index (χ2v) is 6.37. The molecule has 0 amide bonds. The molecule has 0 unspecified atom stereocenters. The van der Waals surface area contributed by atoms with Gasteiger partial charge in [-0.05, 0) is 17.7 Å². The van der Waals surface area contributed by atoms with Crippen molar-refractivity contribution in [3.63, 3.8) is 0 Å². The number of non-ortho nitro benzene ring substituents is 1. The lowest BCUT2D eigenvalue weighted by Crippen LogP contribution is -2.21. The van der Waals surface area contributed by atoms with E-state index in [9.17, 15) is 23.6 Å². The third-order valence-electron chi connectivity index (χ3n) is 2.10. The van der Waals surface area contributed by atoms with Gasteiger partial charge in [0.15, 0.2) is 14.5 Å². The van der Waals surface area contributed by atoms with Crippen LogP contribution in [0, 0.1) is 10.1 Å². The number of alkyl halides is 1. The van der Waals surface area contributed by atoms with E-state index >= 15 is 0 Å². The summed E-state index contributed by atoms with van der Waals surface area (Å²) in [6.07, 6.45) is -0.522. The molecule has 0 saturated heterocycles. The molecule has 0 fully saturated rings. The van der Waals surface area contributed by atoms with Crippen molar-refractivity contribution in [1.29, 1.82) is 0 Å². The lowest BCUT2D eigenvalue weighted by Gasteiger charge is -2.15. The van der Waals surface area contributed by atoms with E-state index in [1.54, 1.807) is 0 Å². The van der Waals surface area contributed by atoms with Crippen molar-refractivity contribution in [3.8, 4) is 0 Å². The smallest absolute Gasteiger partial charge is 0.269 e. The Balaban J connectivity index is 2.98. The summed E-state index contributed by atoms with van der Waals surface area (Å²) in [7, 11) is -3.60. The standard InChI is InChI=1S/C9H10ClNO5S/c1-17(15,16)9(10)8(12)6-2-4-7(5-3-6)11(13)14/h2-5,8-9,12H,1H3/t8-,9+/m1/s1. The van der Waals surface area contributed by atoms with Gasteiger partial charge >= 0.3 is 0 Å². The SMILES string of the molecule is CS(=O)(=O)[C@H](Cl)[C@H](O)c1ccc([N+](=O)[O-])cc1. The van der Waals surface area contributed by atoms with Gasteiger partial charge in [0.05, 0.1) is 4.92 Å². The maximum Gasteiger partial charge on any atom is 0.269 e. The summed E-state index contributed by atoms with van der Waals surface area (Å²) in [6.45, 7) is 0. The van der Waals surface area contributed by atoms with E-state index in [4.69, 9.17) is 11.6 Å². The minimum atomic E-state index is -3.60. The summed E-state index contributed by atoms with van der Waals surface area (Å²) in [6, 6.07) is 4.88. The van der Waals surface area contributed by atoms with Crippen LogP contribution in [0.4, 0.5) is 5.69 Å². The van der Waals surface area contributed by atoms with E-state index in [1.165, 1.54) is 24.3 Å². The summed E-state index contributed by atoms with van der Waals surface area (Å²) < 4.78 is 20.8. The van der Waals surface area contributed by atoms with Crippen LogP contribution in [0.5, 0.6) is 0 Å². The van der Waals surface area contributed by atoms with Crippen LogP contribution in [-0.2, 0) is 9.84 Å². The number of sulfone groups is 1. The molecule has 0 aromatic heterocycles. The van der Waals surface area contributed by atoms with Gasteiger partial charge in [0.25, 0.3) is 5.69 Å². The highest BCUT2D eigenvalue weighted by molar-refractivity contribution is 7.92. The van der Waals surface area contributed by atoms with Gasteiger partial charge in [-0.3, -0.25) is 10.1 Å². The summed E-state index contributed by atoms with van der Waals surface area (Å²) in [5.41, 5.74) is 0.0625. The second-order valence-electron chi connectivity index (χ2n) is 3.47. The zero-order chi connectivity index (χ0) is 13.2. The molecule has 1 N–H and O–H groups in total. The van der Waals surface area contributed by atoms with E-state index in [2.05, 4.69) is 0 Å². The Bertz CT molecular complexity index is 513. The van der Waals surface area contributed by atoms with Gasteiger partial charge in [0.2, 0.25) is 0 Å². The number of aliphatic hydroxyl groups excluding tert-OH is 1. The van der Waals surface area contributed by atoms with Crippen LogP contribution in [0.15, 0.2) is 24.3 Å². The van der Waals surface area contributed by atoms with Gasteiger partial charge in [-0.25, -0.2) is 8.42 Å². The normalized spacial score (nSPS) is 15.2. The topological polar surface area (TPSA) is 97.5 Å². The lowest BCUT2D eigenvalue weighted by atomic mass is 10.1. The Hall–Kier alpha value is -1.18. The average molecular weight is 280 g/mol. The lowest BCUT2D eigenvalue weighted by molar-refractivity contribution is -0.384. The van der Waals surface area contributed by atoms with E-state index in [-0.39, 0.29) is 11.3 Å². The average Bonchev–Trinajstić information content (AvgIpc) is 2.26. The molecule has 94 valence electrons. The molecule has 1 aromatic rings. The van der Waals surface area contributed by atoms with Gasteiger partial charge in [0, 0.05) is 18.4 Å². The first-order valence-corrected chi connectivity index (χ1v) is 6.88. The first kappa shape index (κ1) is 13.9. The van der Waals surface area contributed by atoms with Crippen LogP contribution in [0.1, 0.15) is 11.7 Å². The number of nitro groups is 1. The fourth-order valence-corrected chi connectivity index (χ4v) is 1.95. The molecular formula is C9H10ClNO5S. The van der Waals surface area contributed by atoms with Crippen LogP contribution < -0.4 is 0 Å². The number of aliphatic hydroxyl groups is 1. The predicted molar refractivity (Wildman–Crippen MR) is 62.5 cm³/mol. The Kier molecular flexibility index (Phi) is 4.07. The predicted octanol–water partition coefficient (Wildman–Crippen LogP) is 1.24. The molecule has 0 bridgehead atoms. The zero-order valence-corrected chi connectivity index (χ0v) is 10.4. The number of nitro benzene ring substituents is 1. The fourth-order valence-electron chi connectivity index (χ4n) is 1.18. The summed E-state index contributed by atoms with van der Waals surface area (Å²) in [4.78, 5) is 9.80. The summed E-state index contributed by atoms with van der Waals surface area (Å²) in [5.74, 6) is 0. The highest BCUT2D eigenvalue weighted by atomic mass is 35.5. The van der Waals surface area contributed by atoms with Crippen molar-refractivity contribution in [2.75, 3.05) is 6.26 Å². The molecule has 1 rings (SSSR count). The Morgan fingerprint density at radius 1 is 1.35 bits per heavy atom. The van der Waals surface area contributed by atoms with Gasteiger partial charge < -0.3 is 5.11 Å². The van der Waals surface area contributed by atoms with E-state index < -0.39 is 25.6 Å². The number of benzene rings is 1. The zero-order valence-electron chi connectivity index (χ0n) is 8.78. The fraction of sp³-hybridized carbons (Fsp3) is 0.333. The largest absolute Gasteiger partial charge is 0.386 e. The molecule has 2 atom stereocenters. The first-order valence-electron chi connectivity index (χ1n) is 4.49. The third-order valence-corrected chi connectivity index (χ3v) is 4.39. The highest BCUT2D eigenvalue weighted by Crippen LogP contribution is 2.26. The van der Waals surface area contributed by atoms with Crippen molar-refractivity contribution in [2.45, 2.75) is 10.8 Å². The molecule has 0 aliphatic rings. The van der Waals surface area contributed by atoms with Crippen LogP contribution in [0.25, 0.3) is 0 Å². The van der Waals surface area contributed by atoms with Gasteiger partial charge in [-0.2, -0.15) is 0 Å². The summed E-state index contributed by atoms with van der Waals surface area (Å²) >= 11 is 5.57. The molecule has 1 aromatic carbocycles. The summed E-state index contributed by atoms with van der Waals surface area (Å²) in [5, 5.41) is 20.1. The minimum absolute atomic E-state index is 0.147. The maximum atomic E-state index is 11.1. The number of hydrogen-bond donors (Lipinski definition) is 1. The van der Waals surface area contributed by atoms with Gasteiger partial charge in [-0.1, -0.05) is 0 Å². The molecule has 0 aliphatic heterocycles. The Labute approximate surface area is 103 Å². The van der Waals surface area contributed by atoms with E-state index in [0.717, 1.165) is 6.26 Å². The molecule has 0 spiro atoms. The number of nitrogens with zero attached hydrogens (tertiary/aromatic N) is 1. The molecule has 0 heterocycles. The molecule has 17 heavy (non-hydrogen) atoms. The quantitative estimate of drug-likeness (QED) is 0.508. The van der Waals surface area contributed by atoms with Crippen molar-refractivity contribution in [1.82, 2.24) is 0 Å². The Morgan fingerprint density at radius 3 is 2.18 bits per heavy atom. The van der Waals surface area contributed by atoms with Crippen molar-refractivity contribution < 1.29 is 18.4 Å². The van der Waals surface area contributed by atoms with Crippen LogP contribution >= 0.6 is 11.6 Å². The van der Waals surface area contributed by atoms with Crippen molar-refractivity contribution in [2.24, 2.45) is 0 Å². The van der Waals surface area contributed by atoms with Crippen molar-refractivity contribution >= 4 is 27.1 Å². The molecule has 0 radical (unpaired) electrons. The van der Waals surface area contributed by atoms with Crippen LogP contribution in [0.3, 0.4) is 0 Å². The monoisotopic (exact) mass is 279 g/mol. The van der Waals surface area contributed by atoms with Crippen LogP contribution in [-0.4, -0.2) is 29.4 Å². The number of halogens is 1. The number of hydrogen-bond acceptors (Lipinski definition) is 5. The molecule has 0 saturated carbocycles. The van der Waals surface area contributed by atoms with Crippen LogP contribution in [0.2, 0.25) is 0 Å². The third kappa shape index (κ3) is 3.39. The maximum absolute atomic E-state index is 11.1. The Morgan fingerprint density at radius 2 is 1.82 bits per heavy atom. The molecule has 0 aliphatic carbocycles. The van der Waals surface area contributed by atoms with E-state index in [1.807, 2.05) is 0 Å². The first-order chi connectivity index (χ1) is 7.73. The second kappa shape index (κ2) is 4.99. The van der Waals surface area contributed by atoms with Gasteiger partial charge in [0.1, 0.15) is 6.10 Å². The molecule has 6 nitrogen and oxygen atoms in total. The number of rotatable bonds is 4. The van der Waals surface area contributed by atoms with E-state index in [0.29, 0.717) is 0 Å².